The molecule has 0 radical (unpaired) electrons. The number of thiazole rings is 1. The largest absolute Gasteiger partial charge is 1.00 e. The Hall–Kier alpha value is -0.500. The Morgan fingerprint density at radius 2 is 2.23 bits per heavy atom. The van der Waals surface area contributed by atoms with Crippen molar-refractivity contribution < 1.29 is 53.2 Å². The van der Waals surface area contributed by atoms with E-state index in [0.717, 1.165) is 12.8 Å². The maximum absolute atomic E-state index is 13.2. The van der Waals surface area contributed by atoms with E-state index in [0.29, 0.717) is 23.9 Å². The van der Waals surface area contributed by atoms with Crippen molar-refractivity contribution in [3.05, 3.63) is 11.1 Å². The fourth-order valence-corrected chi connectivity index (χ4v) is 7.36. The van der Waals surface area contributed by atoms with Crippen LogP contribution >= 0.6 is 35.1 Å². The van der Waals surface area contributed by atoms with Crippen LogP contribution < -0.4 is 45.7 Å². The smallest absolute Gasteiger partial charge is 0.548 e. The molecule has 0 spiro atoms. The van der Waals surface area contributed by atoms with Gasteiger partial charge in [0.1, 0.15) is 11.4 Å². The fraction of sp³-hybridized carbons (Fsp3) is 0.667. The molecule has 3 aliphatic rings. The number of carbonyl (C=O) groups excluding carboxylic acids is 3. The van der Waals surface area contributed by atoms with Crippen LogP contribution in [0.5, 0.6) is 0 Å². The van der Waals surface area contributed by atoms with Gasteiger partial charge in [-0.15, -0.1) is 23.1 Å². The molecule has 0 saturated carbocycles. The normalized spacial score (nSPS) is 30.0. The van der Waals surface area contributed by atoms with E-state index >= 15 is 0 Å². The Bertz CT molecular complexity index is 863. The number of β-lactam (4-membered cyclic amide) rings is 1. The van der Waals surface area contributed by atoms with Crippen LogP contribution in [0.4, 0.5) is 5.13 Å². The SMILES string of the molecule is CC1(C)S[C@@H]2[C@H](NC(=O)C(CC3CCCOS3)c3csc(N)n3)C(=O)N2[C@H]1C(=O)[O-].[Na+]. The van der Waals surface area contributed by atoms with Crippen molar-refractivity contribution in [1.82, 2.24) is 15.2 Å². The first kappa shape index (κ1) is 25.1. The number of rotatable bonds is 6. The zero-order valence-corrected chi connectivity index (χ0v) is 22.0. The number of carboxylic acid groups (broad SMARTS) is 1. The number of nitrogens with zero attached hydrogens (tertiary/aromatic N) is 2. The van der Waals surface area contributed by atoms with E-state index in [2.05, 4.69) is 10.3 Å². The molecule has 4 heterocycles. The third-order valence-corrected chi connectivity index (χ3v) is 8.90. The van der Waals surface area contributed by atoms with Gasteiger partial charge in [-0.25, -0.2) is 4.98 Å². The number of carbonyl (C=O) groups is 3. The van der Waals surface area contributed by atoms with E-state index in [1.54, 1.807) is 19.2 Å². The van der Waals surface area contributed by atoms with Crippen LogP contribution in [-0.4, -0.2) is 61.7 Å². The van der Waals surface area contributed by atoms with Crippen LogP contribution in [0.3, 0.4) is 0 Å². The number of hydrogen-bond acceptors (Lipinski definition) is 10. The van der Waals surface area contributed by atoms with Gasteiger partial charge in [-0.05, 0) is 45.2 Å². The maximum atomic E-state index is 13.2. The number of nitrogens with two attached hydrogens (primary N) is 1. The Morgan fingerprint density at radius 1 is 1.48 bits per heavy atom. The quantitative estimate of drug-likeness (QED) is 0.246. The summed E-state index contributed by atoms with van der Waals surface area (Å²) in [4.78, 5) is 43.0. The van der Waals surface area contributed by atoms with Gasteiger partial charge in [-0.1, -0.05) is 0 Å². The first-order valence-electron chi connectivity index (χ1n) is 9.69. The van der Waals surface area contributed by atoms with Gasteiger partial charge in [0.05, 0.1) is 30.2 Å². The Kier molecular flexibility index (Phi) is 7.93. The van der Waals surface area contributed by atoms with Crippen molar-refractivity contribution in [3.63, 3.8) is 0 Å². The van der Waals surface area contributed by atoms with E-state index in [9.17, 15) is 19.5 Å². The molecular weight excluding hydrogens is 471 g/mol. The van der Waals surface area contributed by atoms with Crippen molar-refractivity contribution in [1.29, 1.82) is 0 Å². The van der Waals surface area contributed by atoms with Crippen LogP contribution in [0, 0.1) is 0 Å². The molecule has 31 heavy (non-hydrogen) atoms. The first-order chi connectivity index (χ1) is 14.2. The minimum Gasteiger partial charge on any atom is -0.548 e. The molecule has 13 heteroatoms. The zero-order valence-electron chi connectivity index (χ0n) is 17.5. The van der Waals surface area contributed by atoms with E-state index in [-0.39, 0.29) is 40.7 Å². The molecule has 2 amide bonds. The first-order valence-corrected chi connectivity index (χ1v) is 12.3. The number of amides is 2. The van der Waals surface area contributed by atoms with E-state index < -0.39 is 40.0 Å². The van der Waals surface area contributed by atoms with E-state index in [4.69, 9.17) is 9.92 Å². The number of nitrogens with one attached hydrogen (secondary N) is 1. The number of fused-ring (bicyclic) bond motifs is 1. The van der Waals surface area contributed by atoms with Crippen molar-refractivity contribution >= 4 is 58.1 Å². The predicted octanol–water partition coefficient (Wildman–Crippen LogP) is -2.67. The van der Waals surface area contributed by atoms with Crippen LogP contribution in [0.25, 0.3) is 0 Å². The Morgan fingerprint density at radius 3 is 2.81 bits per heavy atom. The second kappa shape index (κ2) is 9.78. The summed E-state index contributed by atoms with van der Waals surface area (Å²) < 4.78 is 4.77. The monoisotopic (exact) mass is 494 g/mol. The number of carboxylic acids is 1. The summed E-state index contributed by atoms with van der Waals surface area (Å²) in [6.45, 7) is 4.23. The van der Waals surface area contributed by atoms with E-state index in [1.807, 2.05) is 0 Å². The summed E-state index contributed by atoms with van der Waals surface area (Å²) in [7, 11) is 0. The van der Waals surface area contributed by atoms with Crippen molar-refractivity contribution in [2.75, 3.05) is 12.3 Å². The van der Waals surface area contributed by atoms with Crippen LogP contribution in [0.2, 0.25) is 0 Å². The van der Waals surface area contributed by atoms with Crippen LogP contribution in [0.15, 0.2) is 5.38 Å². The van der Waals surface area contributed by atoms with Gasteiger partial charge in [-0.3, -0.25) is 9.59 Å². The molecule has 2 unspecified atom stereocenters. The summed E-state index contributed by atoms with van der Waals surface area (Å²) in [5, 5.41) is 16.3. The topological polar surface area (TPSA) is 138 Å². The summed E-state index contributed by atoms with van der Waals surface area (Å²) in [6.07, 6.45) is 2.39. The summed E-state index contributed by atoms with van der Waals surface area (Å²) in [5.74, 6) is -2.54. The standard InChI is InChI=1S/C18H24N4O5S3.Na/c1-18(2)12(16(25)26)22-14(24)11(15(22)29-18)21-13(23)9(10-7-28-17(19)20-10)6-8-4-3-5-27-30-8;/h7-9,11-12,15H,3-6H2,1-2H3,(H2,19,20)(H,21,23)(H,25,26);/q;+1/p-1/t8?,9?,11-,12+,15-;/m1./s1. The van der Waals surface area contributed by atoms with Gasteiger partial charge in [0.2, 0.25) is 11.8 Å². The van der Waals surface area contributed by atoms with Crippen molar-refractivity contribution in [2.24, 2.45) is 0 Å². The van der Waals surface area contributed by atoms with Gasteiger partial charge < -0.3 is 30.0 Å². The molecular formula is C18H23N4NaO5S3. The average molecular weight is 495 g/mol. The third-order valence-electron chi connectivity index (χ3n) is 5.63. The zero-order chi connectivity index (χ0) is 21.6. The Balaban J connectivity index is 0.00000272. The molecule has 1 aromatic heterocycles. The van der Waals surface area contributed by atoms with Gasteiger partial charge >= 0.3 is 29.6 Å². The molecule has 3 fully saturated rings. The van der Waals surface area contributed by atoms with Crippen LogP contribution in [0.1, 0.15) is 44.7 Å². The number of aromatic nitrogens is 1. The molecule has 3 N–H and O–H groups in total. The van der Waals surface area contributed by atoms with Crippen molar-refractivity contribution in [3.8, 4) is 0 Å². The molecule has 0 aliphatic carbocycles. The predicted molar refractivity (Wildman–Crippen MR) is 113 cm³/mol. The van der Waals surface area contributed by atoms with Gasteiger partial charge in [0.15, 0.2) is 5.13 Å². The number of hydrogen-bond donors (Lipinski definition) is 2. The number of nitrogen functional groups attached to an aromatic ring is 1. The molecule has 5 atom stereocenters. The molecule has 1 aromatic rings. The molecule has 164 valence electrons. The minimum absolute atomic E-state index is 0. The Labute approximate surface area is 215 Å². The van der Waals surface area contributed by atoms with E-state index in [1.165, 1.54) is 40.0 Å². The summed E-state index contributed by atoms with van der Waals surface area (Å²) >= 11 is 4.02. The summed E-state index contributed by atoms with van der Waals surface area (Å²) in [5.41, 5.74) is 6.35. The average Bonchev–Trinajstić information content (AvgIpc) is 3.23. The molecule has 3 saturated heterocycles. The minimum atomic E-state index is -1.28. The van der Waals surface area contributed by atoms with Gasteiger partial charge in [0.25, 0.3) is 0 Å². The fourth-order valence-electron chi connectivity index (χ4n) is 4.19. The molecule has 0 bridgehead atoms. The molecule has 3 aliphatic heterocycles. The van der Waals surface area contributed by atoms with Crippen molar-refractivity contribution in [2.45, 2.75) is 66.5 Å². The number of aliphatic carboxylic acids is 1. The maximum Gasteiger partial charge on any atom is 1.00 e. The summed E-state index contributed by atoms with van der Waals surface area (Å²) in [6, 6.07) is -1.78. The molecule has 0 aromatic carbocycles. The second-order valence-corrected chi connectivity index (χ2v) is 11.9. The van der Waals surface area contributed by atoms with Gasteiger partial charge in [0, 0.05) is 15.4 Å². The molecule has 9 nitrogen and oxygen atoms in total. The number of thioether (sulfide) groups is 1. The second-order valence-electron chi connectivity index (χ2n) is 8.15. The molecule has 4 rings (SSSR count). The van der Waals surface area contributed by atoms with Crippen LogP contribution in [-0.2, 0) is 18.6 Å². The number of anilines is 1. The third kappa shape index (κ3) is 4.90. The van der Waals surface area contributed by atoms with Gasteiger partial charge in [-0.2, -0.15) is 0 Å².